The van der Waals surface area contributed by atoms with E-state index in [1.807, 2.05) is 20.8 Å². The predicted molar refractivity (Wildman–Crippen MR) is 95.4 cm³/mol. The summed E-state index contributed by atoms with van der Waals surface area (Å²) in [5.74, 6) is 0.800. The number of benzene rings is 1. The number of hydrogen-bond acceptors (Lipinski definition) is 4. The van der Waals surface area contributed by atoms with E-state index in [0.29, 0.717) is 26.1 Å². The van der Waals surface area contributed by atoms with E-state index in [0.717, 1.165) is 22.6 Å². The number of amides is 1. The second-order valence-corrected chi connectivity index (χ2v) is 6.99. The molecule has 1 unspecified atom stereocenters. The monoisotopic (exact) mass is 342 g/mol. The van der Waals surface area contributed by atoms with E-state index < -0.39 is 5.41 Å². The third-order valence-corrected chi connectivity index (χ3v) is 5.25. The Hall–Kier alpha value is -2.14. The number of aryl methyl sites for hydroxylation is 3. The lowest BCUT2D eigenvalue weighted by molar-refractivity contribution is -0.131. The molecule has 1 aromatic carbocycles. The van der Waals surface area contributed by atoms with Crippen LogP contribution in [0.2, 0.25) is 0 Å². The molecule has 1 aliphatic rings. The van der Waals surface area contributed by atoms with E-state index in [1.165, 1.54) is 5.56 Å². The van der Waals surface area contributed by atoms with Crippen LogP contribution in [0.3, 0.4) is 0 Å². The standard InChI is InChI=1S/C20H26N2O3/c1-13-5-7-17(8-6-13)20(9-11-24-12-10-20)19(23)21-14(2)18-15(3)22-25-16(18)4/h5-8,14H,9-12H2,1-4H3,(H,21,23). The Labute approximate surface area is 148 Å². The molecule has 0 saturated carbocycles. The Morgan fingerprint density at radius 2 is 1.80 bits per heavy atom. The normalized spacial score (nSPS) is 17.9. The molecular weight excluding hydrogens is 316 g/mol. The summed E-state index contributed by atoms with van der Waals surface area (Å²) < 4.78 is 10.8. The van der Waals surface area contributed by atoms with Crippen molar-refractivity contribution in [3.63, 3.8) is 0 Å². The van der Waals surface area contributed by atoms with Crippen LogP contribution in [-0.2, 0) is 14.9 Å². The highest BCUT2D eigenvalue weighted by Crippen LogP contribution is 2.36. The van der Waals surface area contributed by atoms with Crippen molar-refractivity contribution < 1.29 is 14.1 Å². The largest absolute Gasteiger partial charge is 0.381 e. The third kappa shape index (κ3) is 3.33. The lowest BCUT2D eigenvalue weighted by Gasteiger charge is -2.37. The van der Waals surface area contributed by atoms with Crippen molar-refractivity contribution in [2.24, 2.45) is 0 Å². The number of nitrogens with one attached hydrogen (secondary N) is 1. The molecule has 0 bridgehead atoms. The zero-order valence-electron chi connectivity index (χ0n) is 15.4. The first-order valence-corrected chi connectivity index (χ1v) is 8.82. The highest BCUT2D eigenvalue weighted by atomic mass is 16.5. The molecule has 1 aliphatic heterocycles. The minimum atomic E-state index is -0.542. The Kier molecular flexibility index (Phi) is 4.95. The van der Waals surface area contributed by atoms with E-state index in [4.69, 9.17) is 9.26 Å². The zero-order chi connectivity index (χ0) is 18.0. The SMILES string of the molecule is Cc1ccc(C2(C(=O)NC(C)c3c(C)noc3C)CCOCC2)cc1. The number of nitrogens with zero attached hydrogens (tertiary/aromatic N) is 1. The molecule has 2 aromatic rings. The number of aromatic nitrogens is 1. The molecule has 1 saturated heterocycles. The van der Waals surface area contributed by atoms with Crippen LogP contribution in [0, 0.1) is 20.8 Å². The van der Waals surface area contributed by atoms with Crippen LogP contribution < -0.4 is 5.32 Å². The summed E-state index contributed by atoms with van der Waals surface area (Å²) in [5, 5.41) is 7.19. The molecule has 2 heterocycles. The summed E-state index contributed by atoms with van der Waals surface area (Å²) in [7, 11) is 0. The second-order valence-electron chi connectivity index (χ2n) is 6.99. The third-order valence-electron chi connectivity index (χ3n) is 5.25. The Balaban J connectivity index is 1.88. The van der Waals surface area contributed by atoms with Gasteiger partial charge in [0.2, 0.25) is 5.91 Å². The number of ether oxygens (including phenoxy) is 1. The predicted octanol–water partition coefficient (Wildman–Crippen LogP) is 3.53. The van der Waals surface area contributed by atoms with Gasteiger partial charge >= 0.3 is 0 Å². The van der Waals surface area contributed by atoms with Crippen LogP contribution >= 0.6 is 0 Å². The molecule has 1 atom stereocenters. The van der Waals surface area contributed by atoms with Crippen molar-refractivity contribution in [3.8, 4) is 0 Å². The molecule has 1 N–H and O–H groups in total. The van der Waals surface area contributed by atoms with Gasteiger partial charge in [-0.05, 0) is 46.1 Å². The smallest absolute Gasteiger partial charge is 0.231 e. The lowest BCUT2D eigenvalue weighted by atomic mass is 9.73. The van der Waals surface area contributed by atoms with Crippen LogP contribution in [-0.4, -0.2) is 24.3 Å². The molecule has 0 aliphatic carbocycles. The van der Waals surface area contributed by atoms with Crippen LogP contribution in [0.15, 0.2) is 28.8 Å². The van der Waals surface area contributed by atoms with Crippen molar-refractivity contribution >= 4 is 5.91 Å². The summed E-state index contributed by atoms with van der Waals surface area (Å²) in [6, 6.07) is 8.13. The Morgan fingerprint density at radius 1 is 1.16 bits per heavy atom. The fourth-order valence-electron chi connectivity index (χ4n) is 3.75. The number of carbonyl (C=O) groups excluding carboxylic acids is 1. The molecular formula is C20H26N2O3. The summed E-state index contributed by atoms with van der Waals surface area (Å²) in [5.41, 5.74) is 3.49. The van der Waals surface area contributed by atoms with Gasteiger partial charge in [0.1, 0.15) is 5.76 Å². The maximum Gasteiger partial charge on any atom is 0.231 e. The van der Waals surface area contributed by atoms with Gasteiger partial charge in [-0.25, -0.2) is 0 Å². The molecule has 0 radical (unpaired) electrons. The van der Waals surface area contributed by atoms with Gasteiger partial charge in [-0.2, -0.15) is 0 Å². The molecule has 5 heteroatoms. The van der Waals surface area contributed by atoms with Crippen molar-refractivity contribution in [2.45, 2.75) is 52.0 Å². The topological polar surface area (TPSA) is 64.4 Å². The van der Waals surface area contributed by atoms with Gasteiger partial charge in [-0.1, -0.05) is 35.0 Å². The maximum atomic E-state index is 13.3. The summed E-state index contributed by atoms with van der Waals surface area (Å²) in [6.07, 6.45) is 1.38. The van der Waals surface area contributed by atoms with Gasteiger partial charge in [0.15, 0.2) is 0 Å². The van der Waals surface area contributed by atoms with Gasteiger partial charge in [0.25, 0.3) is 0 Å². The molecule has 0 spiro atoms. The quantitative estimate of drug-likeness (QED) is 0.923. The summed E-state index contributed by atoms with van der Waals surface area (Å²) >= 11 is 0. The number of rotatable bonds is 4. The minimum absolute atomic E-state index is 0.0483. The van der Waals surface area contributed by atoms with Gasteiger partial charge in [-0.15, -0.1) is 0 Å². The molecule has 5 nitrogen and oxygen atoms in total. The van der Waals surface area contributed by atoms with Crippen molar-refractivity contribution in [3.05, 3.63) is 52.4 Å². The van der Waals surface area contributed by atoms with Crippen molar-refractivity contribution in [2.75, 3.05) is 13.2 Å². The zero-order valence-corrected chi connectivity index (χ0v) is 15.4. The molecule has 1 fully saturated rings. The second kappa shape index (κ2) is 7.00. The van der Waals surface area contributed by atoms with Crippen molar-refractivity contribution in [1.29, 1.82) is 0 Å². The fraction of sp³-hybridized carbons (Fsp3) is 0.500. The highest BCUT2D eigenvalue weighted by molar-refractivity contribution is 5.88. The average molecular weight is 342 g/mol. The first-order valence-electron chi connectivity index (χ1n) is 8.82. The first kappa shape index (κ1) is 17.7. The molecule has 3 rings (SSSR count). The molecule has 1 aromatic heterocycles. The van der Waals surface area contributed by atoms with Gasteiger partial charge in [-0.3, -0.25) is 4.79 Å². The number of hydrogen-bond donors (Lipinski definition) is 1. The van der Waals surface area contributed by atoms with Crippen LogP contribution in [0.25, 0.3) is 0 Å². The first-order chi connectivity index (χ1) is 11.9. The van der Waals surface area contributed by atoms with Crippen LogP contribution in [0.4, 0.5) is 0 Å². The summed E-state index contributed by atoms with van der Waals surface area (Å²) in [6.45, 7) is 9.01. The fourth-order valence-corrected chi connectivity index (χ4v) is 3.75. The average Bonchev–Trinajstić information content (AvgIpc) is 2.94. The van der Waals surface area contributed by atoms with E-state index in [2.05, 4.69) is 41.7 Å². The molecule has 1 amide bonds. The van der Waals surface area contributed by atoms with E-state index in [9.17, 15) is 4.79 Å². The van der Waals surface area contributed by atoms with Gasteiger partial charge in [0, 0.05) is 18.8 Å². The van der Waals surface area contributed by atoms with Crippen molar-refractivity contribution in [1.82, 2.24) is 10.5 Å². The van der Waals surface area contributed by atoms with E-state index in [-0.39, 0.29) is 11.9 Å². The lowest BCUT2D eigenvalue weighted by Crippen LogP contribution is -2.48. The molecule has 25 heavy (non-hydrogen) atoms. The van der Waals surface area contributed by atoms with Gasteiger partial charge < -0.3 is 14.6 Å². The van der Waals surface area contributed by atoms with E-state index in [1.54, 1.807) is 0 Å². The molecule has 134 valence electrons. The van der Waals surface area contributed by atoms with E-state index >= 15 is 0 Å². The Morgan fingerprint density at radius 3 is 2.36 bits per heavy atom. The minimum Gasteiger partial charge on any atom is -0.381 e. The van der Waals surface area contributed by atoms with Crippen LogP contribution in [0.1, 0.15) is 54.0 Å². The number of carbonyl (C=O) groups is 1. The van der Waals surface area contributed by atoms with Gasteiger partial charge in [0.05, 0.1) is 17.2 Å². The Bertz CT molecular complexity index is 723. The van der Waals surface area contributed by atoms with Crippen LogP contribution in [0.5, 0.6) is 0 Å². The highest BCUT2D eigenvalue weighted by Gasteiger charge is 2.42. The maximum absolute atomic E-state index is 13.3. The summed E-state index contributed by atoms with van der Waals surface area (Å²) in [4.78, 5) is 13.3.